The fraction of sp³-hybridized carbons (Fsp3) is 0. The Morgan fingerprint density at radius 1 is 0.391 bits per heavy atom. The summed E-state index contributed by atoms with van der Waals surface area (Å²) in [6.45, 7) is 0. The standard InChI is InChI=1S/C18H15P.2ClH.2Pd/c1-4-10-16(11-5-1)19(17-12-6-2-7-13-17)18-14-8-3-9-15-18;;;;/h1-15H;2*1H;;/q;;;2*+1/p-2. The minimum atomic E-state index is -0.446. The monoisotopic (exact) mass is 544 g/mol. The van der Waals surface area contributed by atoms with Crippen molar-refractivity contribution in [3.8, 4) is 0 Å². The zero-order valence-electron chi connectivity index (χ0n) is 12.0. The molecule has 0 saturated heterocycles. The molecule has 0 nitrogen and oxygen atoms in total. The van der Waals surface area contributed by atoms with Gasteiger partial charge in [0.1, 0.15) is 0 Å². The second-order valence-electron chi connectivity index (χ2n) is 4.34. The number of hydrogen-bond acceptors (Lipinski definition) is 0. The van der Waals surface area contributed by atoms with E-state index in [1.807, 2.05) is 0 Å². The Balaban J connectivity index is 0. The Labute approximate surface area is 179 Å². The first-order valence-corrected chi connectivity index (χ1v) is 7.74. The molecule has 126 valence electrons. The maximum absolute atomic E-state index is 2.23. The maximum Gasteiger partial charge on any atom is 1.00 e. The van der Waals surface area contributed by atoms with Crippen LogP contribution in [0.2, 0.25) is 0 Å². The second kappa shape index (κ2) is 13.3. The van der Waals surface area contributed by atoms with Crippen LogP contribution in [0.1, 0.15) is 0 Å². The molecule has 0 N–H and O–H groups in total. The van der Waals surface area contributed by atoms with Crippen molar-refractivity contribution in [2.45, 2.75) is 0 Å². The summed E-state index contributed by atoms with van der Waals surface area (Å²) in [7, 11) is -0.446. The van der Waals surface area contributed by atoms with Crippen molar-refractivity contribution in [3.05, 3.63) is 91.0 Å². The van der Waals surface area contributed by atoms with E-state index in [0.29, 0.717) is 0 Å². The van der Waals surface area contributed by atoms with Crippen LogP contribution in [0, 0.1) is 0 Å². The van der Waals surface area contributed by atoms with Crippen LogP contribution in [0.25, 0.3) is 0 Å². The normalized spacial score (nSPS) is 8.74. The van der Waals surface area contributed by atoms with E-state index in [1.165, 1.54) is 15.9 Å². The Hall–Kier alpha value is -0.00532. The molecule has 0 spiro atoms. The van der Waals surface area contributed by atoms with Gasteiger partial charge in [-0.1, -0.05) is 91.0 Å². The summed E-state index contributed by atoms with van der Waals surface area (Å²) in [6, 6.07) is 32.3. The van der Waals surface area contributed by atoms with Crippen LogP contribution in [0.15, 0.2) is 91.0 Å². The van der Waals surface area contributed by atoms with E-state index in [1.54, 1.807) is 0 Å². The van der Waals surface area contributed by atoms with Crippen LogP contribution >= 0.6 is 7.92 Å². The van der Waals surface area contributed by atoms with Gasteiger partial charge in [0.05, 0.1) is 0 Å². The molecule has 0 amide bonds. The van der Waals surface area contributed by atoms with Crippen molar-refractivity contribution < 1.29 is 65.7 Å². The molecule has 5 heteroatoms. The smallest absolute Gasteiger partial charge is 1.00 e. The number of rotatable bonds is 3. The fourth-order valence-electron chi connectivity index (χ4n) is 2.18. The molecule has 3 rings (SSSR count). The molecule has 2 radical (unpaired) electrons. The minimum absolute atomic E-state index is 0. The van der Waals surface area contributed by atoms with Gasteiger partial charge in [0, 0.05) is 0 Å². The van der Waals surface area contributed by atoms with Crippen LogP contribution in [-0.2, 0) is 40.8 Å². The molecule has 0 aliphatic rings. The van der Waals surface area contributed by atoms with E-state index in [9.17, 15) is 0 Å². The summed E-state index contributed by atoms with van der Waals surface area (Å²) in [5, 5.41) is 4.19. The van der Waals surface area contributed by atoms with Gasteiger partial charge < -0.3 is 24.8 Å². The van der Waals surface area contributed by atoms with Crippen molar-refractivity contribution >= 4 is 23.8 Å². The first-order chi connectivity index (χ1) is 9.45. The average Bonchev–Trinajstić information content (AvgIpc) is 2.51. The van der Waals surface area contributed by atoms with Crippen molar-refractivity contribution in [3.63, 3.8) is 0 Å². The molecule has 3 aromatic rings. The quantitative estimate of drug-likeness (QED) is 0.251. The summed E-state index contributed by atoms with van der Waals surface area (Å²) in [6.07, 6.45) is 0. The van der Waals surface area contributed by atoms with Gasteiger partial charge in [-0.3, -0.25) is 0 Å². The molecule has 0 bridgehead atoms. The van der Waals surface area contributed by atoms with Crippen molar-refractivity contribution in [1.82, 2.24) is 0 Å². The third-order valence-electron chi connectivity index (χ3n) is 3.04. The van der Waals surface area contributed by atoms with Crippen molar-refractivity contribution in [1.29, 1.82) is 0 Å². The fourth-order valence-corrected chi connectivity index (χ4v) is 4.48. The molecule has 3 aromatic carbocycles. The van der Waals surface area contributed by atoms with Crippen LogP contribution in [0.4, 0.5) is 0 Å². The molecule has 0 aliphatic carbocycles. The largest absolute Gasteiger partial charge is 1.00 e. The van der Waals surface area contributed by atoms with E-state index in [-0.39, 0.29) is 65.7 Å². The molecule has 0 aliphatic heterocycles. The second-order valence-corrected chi connectivity index (χ2v) is 6.56. The Morgan fingerprint density at radius 3 is 0.826 bits per heavy atom. The summed E-state index contributed by atoms with van der Waals surface area (Å²) in [5.74, 6) is 0. The molecule has 0 atom stereocenters. The first-order valence-electron chi connectivity index (χ1n) is 6.40. The van der Waals surface area contributed by atoms with Crippen LogP contribution in [0.5, 0.6) is 0 Å². The molecular formula is C18H15Cl2PPd2. The van der Waals surface area contributed by atoms with E-state index in [0.717, 1.165) is 0 Å². The van der Waals surface area contributed by atoms with Crippen molar-refractivity contribution in [2.75, 3.05) is 0 Å². The van der Waals surface area contributed by atoms with E-state index >= 15 is 0 Å². The van der Waals surface area contributed by atoms with Crippen LogP contribution < -0.4 is 40.7 Å². The minimum Gasteiger partial charge on any atom is -1.00 e. The molecular weight excluding hydrogens is 531 g/mol. The predicted molar refractivity (Wildman–Crippen MR) is 85.1 cm³/mol. The van der Waals surface area contributed by atoms with Gasteiger partial charge in [-0.15, -0.1) is 0 Å². The topological polar surface area (TPSA) is 0 Å². The Bertz CT molecular complexity index is 543. The Morgan fingerprint density at radius 2 is 0.609 bits per heavy atom. The molecule has 0 aromatic heterocycles. The Kier molecular flexibility index (Phi) is 14.6. The van der Waals surface area contributed by atoms with Gasteiger partial charge in [-0.25, -0.2) is 0 Å². The van der Waals surface area contributed by atoms with Crippen LogP contribution in [-0.4, -0.2) is 0 Å². The summed E-state index contributed by atoms with van der Waals surface area (Å²) in [4.78, 5) is 0. The van der Waals surface area contributed by atoms with Gasteiger partial charge in [0.2, 0.25) is 0 Å². The van der Waals surface area contributed by atoms with E-state index in [2.05, 4.69) is 91.0 Å². The first kappa shape index (κ1) is 25.2. The molecule has 23 heavy (non-hydrogen) atoms. The molecule has 0 heterocycles. The van der Waals surface area contributed by atoms with Gasteiger partial charge in [0.15, 0.2) is 0 Å². The molecule has 0 unspecified atom stereocenters. The van der Waals surface area contributed by atoms with Crippen LogP contribution in [0.3, 0.4) is 0 Å². The predicted octanol–water partition coefficient (Wildman–Crippen LogP) is -2.55. The summed E-state index contributed by atoms with van der Waals surface area (Å²) < 4.78 is 0. The maximum atomic E-state index is 2.23. The third kappa shape index (κ3) is 6.79. The number of benzene rings is 3. The van der Waals surface area contributed by atoms with Gasteiger partial charge in [0.25, 0.3) is 0 Å². The zero-order chi connectivity index (χ0) is 12.9. The summed E-state index contributed by atoms with van der Waals surface area (Å²) in [5.41, 5.74) is 0. The van der Waals surface area contributed by atoms with Crippen molar-refractivity contribution in [2.24, 2.45) is 0 Å². The summed E-state index contributed by atoms with van der Waals surface area (Å²) >= 11 is 0. The van der Waals surface area contributed by atoms with E-state index < -0.39 is 7.92 Å². The van der Waals surface area contributed by atoms with Gasteiger partial charge >= 0.3 is 40.8 Å². The SMILES string of the molecule is [Cl-].[Cl-].[Pd+].[Pd+].c1ccc(P(c2ccccc2)c2ccccc2)cc1. The number of hydrogen-bond donors (Lipinski definition) is 0. The average molecular weight is 546 g/mol. The van der Waals surface area contributed by atoms with E-state index in [4.69, 9.17) is 0 Å². The third-order valence-corrected chi connectivity index (χ3v) is 5.49. The van der Waals surface area contributed by atoms with Gasteiger partial charge in [-0.05, 0) is 23.8 Å². The number of halogens is 2. The molecule has 0 saturated carbocycles. The zero-order valence-corrected chi connectivity index (χ0v) is 17.5. The molecule has 0 fully saturated rings. The van der Waals surface area contributed by atoms with Gasteiger partial charge in [-0.2, -0.15) is 0 Å².